The summed E-state index contributed by atoms with van der Waals surface area (Å²) in [6, 6.07) is 14.6. The second kappa shape index (κ2) is 7.83. The Morgan fingerprint density at radius 2 is 2.00 bits per heavy atom. The molecule has 0 unspecified atom stereocenters. The van der Waals surface area contributed by atoms with E-state index in [1.807, 2.05) is 23.2 Å². The molecule has 0 N–H and O–H groups in total. The predicted molar refractivity (Wildman–Crippen MR) is 105 cm³/mol. The van der Waals surface area contributed by atoms with Gasteiger partial charge in [-0.05, 0) is 63.9 Å². The molecule has 3 nitrogen and oxygen atoms in total. The molecule has 1 aliphatic carbocycles. The SMILES string of the molecule is O=C(C[C@@H]1CCc2ccccc21)N(Cc1cccnc1)Cc1ccsc1. The van der Waals surface area contributed by atoms with Crippen LogP contribution in [-0.2, 0) is 24.3 Å². The first kappa shape index (κ1) is 17.0. The Balaban J connectivity index is 1.50. The lowest BCUT2D eigenvalue weighted by Gasteiger charge is -2.24. The van der Waals surface area contributed by atoms with Crippen LogP contribution in [0.25, 0.3) is 0 Å². The molecule has 1 atom stereocenters. The molecule has 1 aliphatic rings. The van der Waals surface area contributed by atoms with Gasteiger partial charge in [-0.3, -0.25) is 9.78 Å². The molecule has 2 heterocycles. The van der Waals surface area contributed by atoms with Crippen molar-refractivity contribution in [2.75, 3.05) is 0 Å². The monoisotopic (exact) mass is 362 g/mol. The van der Waals surface area contributed by atoms with Crippen molar-refractivity contribution in [3.63, 3.8) is 0 Å². The third-order valence-corrected chi connectivity index (χ3v) is 5.81. The quantitative estimate of drug-likeness (QED) is 0.631. The Bertz CT molecular complexity index is 861. The molecule has 3 aromatic rings. The van der Waals surface area contributed by atoms with Crippen LogP contribution in [0, 0.1) is 0 Å². The van der Waals surface area contributed by atoms with E-state index in [4.69, 9.17) is 0 Å². The van der Waals surface area contributed by atoms with Crippen molar-refractivity contribution >= 4 is 17.2 Å². The summed E-state index contributed by atoms with van der Waals surface area (Å²) < 4.78 is 0. The predicted octanol–water partition coefficient (Wildman–Crippen LogP) is 4.79. The summed E-state index contributed by atoms with van der Waals surface area (Å²) in [5.74, 6) is 0.569. The van der Waals surface area contributed by atoms with Crippen LogP contribution in [-0.4, -0.2) is 15.8 Å². The number of aromatic nitrogens is 1. The smallest absolute Gasteiger partial charge is 0.223 e. The highest BCUT2D eigenvalue weighted by Gasteiger charge is 2.26. The Morgan fingerprint density at radius 3 is 2.81 bits per heavy atom. The van der Waals surface area contributed by atoms with Crippen LogP contribution in [0.1, 0.15) is 41.0 Å². The molecule has 0 bridgehead atoms. The normalized spacial score (nSPS) is 15.6. The minimum absolute atomic E-state index is 0.224. The number of aryl methyl sites for hydroxylation is 1. The van der Waals surface area contributed by atoms with Crippen molar-refractivity contribution in [3.8, 4) is 0 Å². The Hall–Kier alpha value is -2.46. The van der Waals surface area contributed by atoms with Crippen LogP contribution in [0.4, 0.5) is 0 Å². The summed E-state index contributed by atoms with van der Waals surface area (Å²) in [6.45, 7) is 1.27. The van der Waals surface area contributed by atoms with E-state index in [1.165, 1.54) is 16.7 Å². The molecule has 0 spiro atoms. The van der Waals surface area contributed by atoms with E-state index in [0.717, 1.165) is 18.4 Å². The fourth-order valence-corrected chi connectivity index (χ4v) is 4.40. The molecule has 4 rings (SSSR count). The maximum absolute atomic E-state index is 13.1. The van der Waals surface area contributed by atoms with E-state index < -0.39 is 0 Å². The second-order valence-electron chi connectivity index (χ2n) is 6.88. The van der Waals surface area contributed by atoms with Gasteiger partial charge in [-0.15, -0.1) is 0 Å². The van der Waals surface area contributed by atoms with Gasteiger partial charge >= 0.3 is 0 Å². The molecule has 0 aliphatic heterocycles. The Kier molecular flexibility index (Phi) is 5.12. The van der Waals surface area contributed by atoms with Crippen LogP contribution in [0.5, 0.6) is 0 Å². The van der Waals surface area contributed by atoms with Crippen LogP contribution < -0.4 is 0 Å². The number of rotatable bonds is 6. The van der Waals surface area contributed by atoms with Gasteiger partial charge in [0.1, 0.15) is 0 Å². The zero-order chi connectivity index (χ0) is 17.8. The minimum atomic E-state index is 0.224. The van der Waals surface area contributed by atoms with Gasteiger partial charge in [0.25, 0.3) is 0 Å². The van der Waals surface area contributed by atoms with Crippen molar-refractivity contribution < 1.29 is 4.79 Å². The number of hydrogen-bond acceptors (Lipinski definition) is 3. The van der Waals surface area contributed by atoms with Crippen LogP contribution in [0.3, 0.4) is 0 Å². The third kappa shape index (κ3) is 3.86. The minimum Gasteiger partial charge on any atom is -0.334 e. The topological polar surface area (TPSA) is 33.2 Å². The lowest BCUT2D eigenvalue weighted by molar-refractivity contribution is -0.132. The Morgan fingerprint density at radius 1 is 1.12 bits per heavy atom. The summed E-state index contributed by atoms with van der Waals surface area (Å²) in [5.41, 5.74) is 5.03. The fourth-order valence-electron chi connectivity index (χ4n) is 3.74. The number of nitrogens with zero attached hydrogens (tertiary/aromatic N) is 2. The molecule has 2 aromatic heterocycles. The average molecular weight is 362 g/mol. The highest BCUT2D eigenvalue weighted by Crippen LogP contribution is 2.35. The van der Waals surface area contributed by atoms with Gasteiger partial charge in [-0.1, -0.05) is 30.3 Å². The van der Waals surface area contributed by atoms with Gasteiger partial charge in [0.2, 0.25) is 5.91 Å². The van der Waals surface area contributed by atoms with Gasteiger partial charge in [-0.2, -0.15) is 11.3 Å². The van der Waals surface area contributed by atoms with E-state index in [9.17, 15) is 4.79 Å². The molecule has 0 saturated carbocycles. The first-order valence-corrected chi connectivity index (χ1v) is 9.99. The number of benzene rings is 1. The highest BCUT2D eigenvalue weighted by atomic mass is 32.1. The summed E-state index contributed by atoms with van der Waals surface area (Å²) in [7, 11) is 0. The summed E-state index contributed by atoms with van der Waals surface area (Å²) in [4.78, 5) is 19.3. The van der Waals surface area contributed by atoms with Crippen molar-refractivity contribution in [2.45, 2.75) is 38.3 Å². The number of carbonyl (C=O) groups is 1. The first-order valence-electron chi connectivity index (χ1n) is 9.05. The van der Waals surface area contributed by atoms with Crippen molar-refractivity contribution in [3.05, 3.63) is 87.9 Å². The molecule has 1 aromatic carbocycles. The van der Waals surface area contributed by atoms with Gasteiger partial charge < -0.3 is 4.90 Å². The van der Waals surface area contributed by atoms with E-state index in [0.29, 0.717) is 25.4 Å². The molecule has 26 heavy (non-hydrogen) atoms. The van der Waals surface area contributed by atoms with Crippen LogP contribution in [0.2, 0.25) is 0 Å². The molecule has 132 valence electrons. The molecule has 1 amide bonds. The fraction of sp³-hybridized carbons (Fsp3) is 0.273. The van der Waals surface area contributed by atoms with Crippen LogP contribution >= 0.6 is 11.3 Å². The number of pyridine rings is 1. The van der Waals surface area contributed by atoms with Gasteiger partial charge in [0.15, 0.2) is 0 Å². The zero-order valence-electron chi connectivity index (χ0n) is 14.7. The maximum atomic E-state index is 13.1. The van der Waals surface area contributed by atoms with E-state index in [-0.39, 0.29) is 5.91 Å². The molecule has 4 heteroatoms. The number of thiophene rings is 1. The molecule has 0 saturated heterocycles. The van der Waals surface area contributed by atoms with E-state index in [2.05, 4.69) is 46.1 Å². The number of carbonyl (C=O) groups excluding carboxylic acids is 1. The number of hydrogen-bond donors (Lipinski definition) is 0. The summed E-state index contributed by atoms with van der Waals surface area (Å²) >= 11 is 1.67. The molecular formula is C22H22N2OS. The Labute approximate surface area is 158 Å². The zero-order valence-corrected chi connectivity index (χ0v) is 15.5. The van der Waals surface area contributed by atoms with Crippen molar-refractivity contribution in [2.24, 2.45) is 0 Å². The van der Waals surface area contributed by atoms with Gasteiger partial charge in [0, 0.05) is 31.9 Å². The largest absolute Gasteiger partial charge is 0.334 e. The maximum Gasteiger partial charge on any atom is 0.223 e. The average Bonchev–Trinajstić information content (AvgIpc) is 3.32. The lowest BCUT2D eigenvalue weighted by atomic mass is 9.97. The number of amides is 1. The highest BCUT2D eigenvalue weighted by molar-refractivity contribution is 7.07. The molecule has 0 fully saturated rings. The van der Waals surface area contributed by atoms with E-state index in [1.54, 1.807) is 17.5 Å². The first-order chi connectivity index (χ1) is 12.8. The molecular weight excluding hydrogens is 340 g/mol. The third-order valence-electron chi connectivity index (χ3n) is 5.08. The van der Waals surface area contributed by atoms with Gasteiger partial charge in [0.05, 0.1) is 0 Å². The number of fused-ring (bicyclic) bond motifs is 1. The summed E-state index contributed by atoms with van der Waals surface area (Å²) in [5, 5.41) is 4.18. The lowest BCUT2D eigenvalue weighted by Crippen LogP contribution is -2.31. The standard InChI is InChI=1S/C22H22N2OS/c25-22(12-20-8-7-19-5-1-2-6-21(19)20)24(15-18-9-11-26-16-18)14-17-4-3-10-23-13-17/h1-6,9-11,13,16,20H,7-8,12,14-15H2/t20-/m0/s1. The van der Waals surface area contributed by atoms with E-state index >= 15 is 0 Å². The molecule has 0 radical (unpaired) electrons. The van der Waals surface area contributed by atoms with Crippen LogP contribution in [0.15, 0.2) is 65.6 Å². The van der Waals surface area contributed by atoms with Gasteiger partial charge in [-0.25, -0.2) is 0 Å². The summed E-state index contributed by atoms with van der Waals surface area (Å²) in [6.07, 6.45) is 6.36. The van der Waals surface area contributed by atoms with Crippen molar-refractivity contribution in [1.29, 1.82) is 0 Å². The second-order valence-corrected chi connectivity index (χ2v) is 7.66. The van der Waals surface area contributed by atoms with Crippen molar-refractivity contribution in [1.82, 2.24) is 9.88 Å².